The molecule has 1 amide bonds. The lowest BCUT2D eigenvalue weighted by molar-refractivity contribution is 0.0951. The Bertz CT molecular complexity index is 575. The average Bonchev–Trinajstić information content (AvgIpc) is 2.52. The lowest BCUT2D eigenvalue weighted by Gasteiger charge is -2.06. The molecule has 0 saturated carbocycles. The standard InChI is InChI=1S/C18H20FNO/c1-2-3-4-14-5-9-16(10-6-14)18(21)20-13-15-7-11-17(19)12-8-15/h5-12H,2-4,13H2,1H3,(H,20,21). The second-order valence-electron chi connectivity index (χ2n) is 5.11. The molecule has 0 atom stereocenters. The molecule has 3 heteroatoms. The lowest BCUT2D eigenvalue weighted by atomic mass is 10.1. The summed E-state index contributed by atoms with van der Waals surface area (Å²) in [5, 5.41) is 2.84. The molecule has 2 aromatic rings. The summed E-state index contributed by atoms with van der Waals surface area (Å²) >= 11 is 0. The van der Waals surface area contributed by atoms with Crippen LogP contribution in [0, 0.1) is 5.82 Å². The van der Waals surface area contributed by atoms with Crippen LogP contribution < -0.4 is 5.32 Å². The average molecular weight is 285 g/mol. The van der Waals surface area contributed by atoms with Gasteiger partial charge in [0, 0.05) is 12.1 Å². The number of nitrogens with one attached hydrogen (secondary N) is 1. The topological polar surface area (TPSA) is 29.1 Å². The zero-order valence-corrected chi connectivity index (χ0v) is 12.2. The van der Waals surface area contributed by atoms with Gasteiger partial charge in [0.2, 0.25) is 0 Å². The Kier molecular flexibility index (Phi) is 5.50. The Hall–Kier alpha value is -2.16. The molecule has 110 valence electrons. The number of rotatable bonds is 6. The van der Waals surface area contributed by atoms with Crippen LogP contribution in [0.1, 0.15) is 41.3 Å². The number of halogens is 1. The number of aryl methyl sites for hydroxylation is 1. The molecule has 0 aliphatic rings. The molecule has 0 aliphatic carbocycles. The monoisotopic (exact) mass is 285 g/mol. The molecule has 1 N–H and O–H groups in total. The first-order valence-corrected chi connectivity index (χ1v) is 7.30. The van der Waals surface area contributed by atoms with Crippen molar-refractivity contribution in [2.75, 3.05) is 0 Å². The van der Waals surface area contributed by atoms with E-state index in [4.69, 9.17) is 0 Å². The summed E-state index contributed by atoms with van der Waals surface area (Å²) in [6.45, 7) is 2.56. The molecule has 0 heterocycles. The maximum Gasteiger partial charge on any atom is 0.251 e. The van der Waals surface area contributed by atoms with E-state index in [0.717, 1.165) is 18.4 Å². The highest BCUT2D eigenvalue weighted by Crippen LogP contribution is 2.08. The van der Waals surface area contributed by atoms with Crippen LogP contribution in [0.25, 0.3) is 0 Å². The van der Waals surface area contributed by atoms with Crippen LogP contribution in [0.3, 0.4) is 0 Å². The normalized spacial score (nSPS) is 10.4. The fourth-order valence-corrected chi connectivity index (χ4v) is 2.09. The zero-order chi connectivity index (χ0) is 15.1. The molecule has 0 bridgehead atoms. The van der Waals surface area contributed by atoms with E-state index < -0.39 is 0 Å². The summed E-state index contributed by atoms with van der Waals surface area (Å²) in [4.78, 5) is 12.0. The highest BCUT2D eigenvalue weighted by Gasteiger charge is 2.05. The first-order chi connectivity index (χ1) is 10.2. The van der Waals surface area contributed by atoms with E-state index in [1.807, 2.05) is 24.3 Å². The van der Waals surface area contributed by atoms with Gasteiger partial charge in [-0.3, -0.25) is 4.79 Å². The fraction of sp³-hybridized carbons (Fsp3) is 0.278. The molecular weight excluding hydrogens is 265 g/mol. The molecule has 0 aromatic heterocycles. The molecule has 21 heavy (non-hydrogen) atoms. The summed E-state index contributed by atoms with van der Waals surface area (Å²) in [5.41, 5.74) is 2.79. The van der Waals surface area contributed by atoms with Crippen LogP contribution in [0.2, 0.25) is 0 Å². The summed E-state index contributed by atoms with van der Waals surface area (Å²) in [5.74, 6) is -0.380. The van der Waals surface area contributed by atoms with Crippen LogP contribution >= 0.6 is 0 Å². The van der Waals surface area contributed by atoms with Gasteiger partial charge in [-0.1, -0.05) is 37.6 Å². The molecular formula is C18H20FNO. The molecule has 0 saturated heterocycles. The van der Waals surface area contributed by atoms with Crippen LogP contribution in [-0.4, -0.2) is 5.91 Å². The van der Waals surface area contributed by atoms with E-state index in [1.165, 1.54) is 24.1 Å². The van der Waals surface area contributed by atoms with E-state index in [2.05, 4.69) is 12.2 Å². The van der Waals surface area contributed by atoms with Gasteiger partial charge in [0.1, 0.15) is 5.82 Å². The Balaban J connectivity index is 1.89. The third-order valence-electron chi connectivity index (χ3n) is 3.40. The predicted octanol–water partition coefficient (Wildman–Crippen LogP) is 4.10. The van der Waals surface area contributed by atoms with Crippen molar-refractivity contribution in [3.8, 4) is 0 Å². The number of amides is 1. The number of carbonyl (C=O) groups is 1. The number of hydrogen-bond donors (Lipinski definition) is 1. The van der Waals surface area contributed by atoms with Gasteiger partial charge in [0.25, 0.3) is 5.91 Å². The highest BCUT2D eigenvalue weighted by molar-refractivity contribution is 5.94. The van der Waals surface area contributed by atoms with Gasteiger partial charge in [-0.25, -0.2) is 4.39 Å². The summed E-state index contributed by atoms with van der Waals surface area (Å²) in [6.07, 6.45) is 3.38. The third-order valence-corrected chi connectivity index (χ3v) is 3.40. The van der Waals surface area contributed by atoms with Gasteiger partial charge in [0.15, 0.2) is 0 Å². The Labute approximate surface area is 125 Å². The lowest BCUT2D eigenvalue weighted by Crippen LogP contribution is -2.22. The summed E-state index contributed by atoms with van der Waals surface area (Å²) in [6, 6.07) is 13.8. The van der Waals surface area contributed by atoms with E-state index in [9.17, 15) is 9.18 Å². The molecule has 0 fully saturated rings. The van der Waals surface area contributed by atoms with Crippen molar-refractivity contribution < 1.29 is 9.18 Å². The number of benzene rings is 2. The van der Waals surface area contributed by atoms with Crippen LogP contribution in [-0.2, 0) is 13.0 Å². The summed E-state index contributed by atoms with van der Waals surface area (Å²) < 4.78 is 12.8. The third kappa shape index (κ3) is 4.71. The zero-order valence-electron chi connectivity index (χ0n) is 12.2. The SMILES string of the molecule is CCCCc1ccc(C(=O)NCc2ccc(F)cc2)cc1. The minimum atomic E-state index is -0.271. The summed E-state index contributed by atoms with van der Waals surface area (Å²) in [7, 11) is 0. The molecule has 0 aliphatic heterocycles. The van der Waals surface area contributed by atoms with Crippen molar-refractivity contribution in [2.24, 2.45) is 0 Å². The minimum absolute atomic E-state index is 0.110. The smallest absolute Gasteiger partial charge is 0.251 e. The first-order valence-electron chi connectivity index (χ1n) is 7.30. The van der Waals surface area contributed by atoms with Crippen molar-refractivity contribution >= 4 is 5.91 Å². The maximum absolute atomic E-state index is 12.8. The Morgan fingerprint density at radius 3 is 2.24 bits per heavy atom. The quantitative estimate of drug-likeness (QED) is 0.850. The van der Waals surface area contributed by atoms with Crippen molar-refractivity contribution in [2.45, 2.75) is 32.7 Å². The van der Waals surface area contributed by atoms with Crippen molar-refractivity contribution in [3.05, 3.63) is 71.0 Å². The second-order valence-corrected chi connectivity index (χ2v) is 5.11. The molecule has 2 aromatic carbocycles. The van der Waals surface area contributed by atoms with Crippen LogP contribution in [0.15, 0.2) is 48.5 Å². The minimum Gasteiger partial charge on any atom is -0.348 e. The molecule has 2 nitrogen and oxygen atoms in total. The number of hydrogen-bond acceptors (Lipinski definition) is 1. The van der Waals surface area contributed by atoms with Gasteiger partial charge < -0.3 is 5.32 Å². The molecule has 0 unspecified atom stereocenters. The highest BCUT2D eigenvalue weighted by atomic mass is 19.1. The van der Waals surface area contributed by atoms with Crippen LogP contribution in [0.4, 0.5) is 4.39 Å². The fourth-order valence-electron chi connectivity index (χ4n) is 2.09. The van der Waals surface area contributed by atoms with Crippen LogP contribution in [0.5, 0.6) is 0 Å². The van der Waals surface area contributed by atoms with Crippen molar-refractivity contribution in [1.82, 2.24) is 5.32 Å². The molecule has 2 rings (SSSR count). The Morgan fingerprint density at radius 1 is 1.00 bits per heavy atom. The maximum atomic E-state index is 12.8. The number of carbonyl (C=O) groups excluding carboxylic acids is 1. The van der Waals surface area contributed by atoms with Gasteiger partial charge in [0.05, 0.1) is 0 Å². The molecule has 0 spiro atoms. The van der Waals surface area contributed by atoms with Gasteiger partial charge >= 0.3 is 0 Å². The van der Waals surface area contributed by atoms with E-state index in [1.54, 1.807) is 12.1 Å². The molecule has 0 radical (unpaired) electrons. The van der Waals surface area contributed by atoms with Gasteiger partial charge in [-0.2, -0.15) is 0 Å². The largest absolute Gasteiger partial charge is 0.348 e. The van der Waals surface area contributed by atoms with Crippen molar-refractivity contribution in [1.29, 1.82) is 0 Å². The first kappa shape index (κ1) is 15.2. The number of unbranched alkanes of at least 4 members (excludes halogenated alkanes) is 1. The van der Waals surface area contributed by atoms with E-state index in [0.29, 0.717) is 12.1 Å². The second kappa shape index (κ2) is 7.58. The van der Waals surface area contributed by atoms with Gasteiger partial charge in [-0.05, 0) is 48.2 Å². The predicted molar refractivity (Wildman–Crippen MR) is 82.6 cm³/mol. The van der Waals surface area contributed by atoms with Gasteiger partial charge in [-0.15, -0.1) is 0 Å². The van der Waals surface area contributed by atoms with E-state index >= 15 is 0 Å². The van der Waals surface area contributed by atoms with Crippen molar-refractivity contribution in [3.63, 3.8) is 0 Å². The van der Waals surface area contributed by atoms with E-state index in [-0.39, 0.29) is 11.7 Å². The Morgan fingerprint density at radius 2 is 1.62 bits per heavy atom.